The number of methoxy groups -OCH3 is 1. The molecular formula is C17H18FNO3S. The molecule has 0 amide bonds. The number of benzene rings is 2. The molecule has 0 spiro atoms. The Kier molecular flexibility index (Phi) is 5.52. The van der Waals surface area contributed by atoms with E-state index in [1.54, 1.807) is 0 Å². The van der Waals surface area contributed by atoms with Crippen molar-refractivity contribution in [3.05, 3.63) is 58.9 Å². The topological polar surface area (TPSA) is 41.9 Å². The van der Waals surface area contributed by atoms with Crippen LogP contribution in [0.3, 0.4) is 0 Å². The molecule has 0 radical (unpaired) electrons. The van der Waals surface area contributed by atoms with Crippen molar-refractivity contribution in [2.75, 3.05) is 12.2 Å². The van der Waals surface area contributed by atoms with Gasteiger partial charge in [-0.25, -0.2) is 4.39 Å². The molecule has 0 aliphatic heterocycles. The second kappa shape index (κ2) is 7.39. The minimum Gasteiger partial charge on any atom is -0.489 e. The van der Waals surface area contributed by atoms with Gasteiger partial charge in [0.2, 0.25) is 0 Å². The normalized spacial score (nSPS) is 10.3. The molecule has 0 aliphatic carbocycles. The summed E-state index contributed by atoms with van der Waals surface area (Å²) >= 11 is 4.88. The zero-order valence-corrected chi connectivity index (χ0v) is 14.0. The standard InChI is InChI=1S/C17H18FNO3S/c1-11-4-7-16(12(2)8-11)22-10-13-9-14(18)5-6-15(13)19(20)17(23)21-3/h4-9,20H,10H2,1-3H3. The van der Waals surface area contributed by atoms with Crippen LogP contribution < -0.4 is 9.80 Å². The van der Waals surface area contributed by atoms with Gasteiger partial charge in [0.1, 0.15) is 18.2 Å². The van der Waals surface area contributed by atoms with Gasteiger partial charge in [-0.05, 0) is 55.9 Å². The maximum atomic E-state index is 13.5. The highest BCUT2D eigenvalue weighted by atomic mass is 32.1. The molecule has 0 bridgehead atoms. The summed E-state index contributed by atoms with van der Waals surface area (Å²) in [6.45, 7) is 4.02. The second-order valence-corrected chi connectivity index (χ2v) is 5.46. The van der Waals surface area contributed by atoms with Crippen LogP contribution in [0, 0.1) is 19.7 Å². The van der Waals surface area contributed by atoms with Gasteiger partial charge in [-0.2, -0.15) is 5.06 Å². The Morgan fingerprint density at radius 2 is 1.96 bits per heavy atom. The third-order valence-electron chi connectivity index (χ3n) is 3.33. The summed E-state index contributed by atoms with van der Waals surface area (Å²) in [5.41, 5.74) is 2.87. The van der Waals surface area contributed by atoms with Crippen LogP contribution >= 0.6 is 12.2 Å². The molecule has 0 unspecified atom stereocenters. The number of hydrogen-bond donors (Lipinski definition) is 1. The van der Waals surface area contributed by atoms with Crippen LogP contribution in [-0.4, -0.2) is 17.5 Å². The highest BCUT2D eigenvalue weighted by Gasteiger charge is 2.15. The molecule has 0 saturated heterocycles. The molecule has 122 valence electrons. The predicted octanol–water partition coefficient (Wildman–Crippen LogP) is 4.15. The van der Waals surface area contributed by atoms with Crippen molar-refractivity contribution in [2.45, 2.75) is 20.5 Å². The Labute approximate surface area is 140 Å². The highest BCUT2D eigenvalue weighted by Crippen LogP contribution is 2.25. The lowest BCUT2D eigenvalue weighted by Crippen LogP contribution is -2.27. The SMILES string of the molecule is COC(=S)N(O)c1ccc(F)cc1COc1ccc(C)cc1C. The van der Waals surface area contributed by atoms with Gasteiger partial charge in [0, 0.05) is 5.56 Å². The van der Waals surface area contributed by atoms with Gasteiger partial charge in [0.05, 0.1) is 12.8 Å². The number of hydrogen-bond acceptors (Lipinski definition) is 4. The van der Waals surface area contributed by atoms with E-state index in [1.165, 1.54) is 25.3 Å². The van der Waals surface area contributed by atoms with Gasteiger partial charge >= 0.3 is 0 Å². The van der Waals surface area contributed by atoms with Crippen LogP contribution in [0.2, 0.25) is 0 Å². The molecule has 0 aliphatic rings. The second-order valence-electron chi connectivity index (χ2n) is 5.11. The van der Waals surface area contributed by atoms with E-state index in [9.17, 15) is 9.60 Å². The number of thiocarbonyl (C=S) groups is 1. The summed E-state index contributed by atoms with van der Waals surface area (Å²) in [6, 6.07) is 9.74. The zero-order chi connectivity index (χ0) is 17.0. The molecule has 4 nitrogen and oxygen atoms in total. The van der Waals surface area contributed by atoms with Gasteiger partial charge in [0.25, 0.3) is 5.17 Å². The smallest absolute Gasteiger partial charge is 0.288 e. The largest absolute Gasteiger partial charge is 0.489 e. The fourth-order valence-corrected chi connectivity index (χ4v) is 2.28. The number of hydroxylamine groups is 1. The van der Waals surface area contributed by atoms with Crippen molar-refractivity contribution in [2.24, 2.45) is 0 Å². The fourth-order valence-electron chi connectivity index (χ4n) is 2.18. The molecule has 2 aromatic rings. The number of aryl methyl sites for hydroxylation is 2. The van der Waals surface area contributed by atoms with Gasteiger partial charge in [-0.3, -0.25) is 5.21 Å². The average molecular weight is 335 g/mol. The highest BCUT2D eigenvalue weighted by molar-refractivity contribution is 7.80. The Morgan fingerprint density at radius 3 is 2.61 bits per heavy atom. The molecule has 2 rings (SSSR count). The first-order valence-electron chi connectivity index (χ1n) is 6.98. The summed E-state index contributed by atoms with van der Waals surface area (Å²) < 4.78 is 24.1. The summed E-state index contributed by atoms with van der Waals surface area (Å²) in [6.07, 6.45) is 0. The van der Waals surface area contributed by atoms with Crippen molar-refractivity contribution in [1.82, 2.24) is 0 Å². The third-order valence-corrected chi connectivity index (χ3v) is 3.67. The van der Waals surface area contributed by atoms with E-state index in [0.29, 0.717) is 22.1 Å². The minimum atomic E-state index is -0.426. The molecule has 0 heterocycles. The summed E-state index contributed by atoms with van der Waals surface area (Å²) in [5.74, 6) is 0.273. The van der Waals surface area contributed by atoms with Crippen LogP contribution in [-0.2, 0) is 11.3 Å². The van der Waals surface area contributed by atoms with Gasteiger partial charge in [-0.15, -0.1) is 0 Å². The Morgan fingerprint density at radius 1 is 1.22 bits per heavy atom. The third kappa shape index (κ3) is 4.18. The Hall–Kier alpha value is -2.18. The molecule has 6 heteroatoms. The monoisotopic (exact) mass is 335 g/mol. The van der Waals surface area contributed by atoms with E-state index in [-0.39, 0.29) is 11.8 Å². The van der Waals surface area contributed by atoms with Crippen LogP contribution in [0.25, 0.3) is 0 Å². The van der Waals surface area contributed by atoms with Crippen LogP contribution in [0.15, 0.2) is 36.4 Å². The summed E-state index contributed by atoms with van der Waals surface area (Å²) in [7, 11) is 1.35. The lowest BCUT2D eigenvalue weighted by atomic mass is 10.1. The number of rotatable bonds is 4. The van der Waals surface area contributed by atoms with Crippen molar-refractivity contribution in [3.63, 3.8) is 0 Å². The Balaban J connectivity index is 2.24. The number of halogens is 1. The van der Waals surface area contributed by atoms with E-state index in [2.05, 4.69) is 0 Å². The van der Waals surface area contributed by atoms with Crippen molar-refractivity contribution < 1.29 is 19.1 Å². The number of anilines is 1. The fraction of sp³-hybridized carbons (Fsp3) is 0.235. The van der Waals surface area contributed by atoms with Crippen molar-refractivity contribution >= 4 is 23.1 Å². The van der Waals surface area contributed by atoms with Crippen LogP contribution in [0.4, 0.5) is 10.1 Å². The van der Waals surface area contributed by atoms with Gasteiger partial charge < -0.3 is 9.47 Å². The maximum Gasteiger partial charge on any atom is 0.288 e. The molecule has 2 aromatic carbocycles. The van der Waals surface area contributed by atoms with Crippen LogP contribution in [0.1, 0.15) is 16.7 Å². The first-order chi connectivity index (χ1) is 10.9. The number of ether oxygens (including phenoxy) is 2. The summed E-state index contributed by atoms with van der Waals surface area (Å²) in [5, 5.41) is 10.6. The maximum absolute atomic E-state index is 13.5. The first kappa shape index (κ1) is 17.2. The first-order valence-corrected chi connectivity index (χ1v) is 7.38. The predicted molar refractivity (Wildman–Crippen MR) is 90.5 cm³/mol. The van der Waals surface area contributed by atoms with Gasteiger partial charge in [-0.1, -0.05) is 17.7 Å². The molecule has 1 N–H and O–H groups in total. The van der Waals surface area contributed by atoms with E-state index in [0.717, 1.165) is 11.1 Å². The molecular weight excluding hydrogens is 317 g/mol. The van der Waals surface area contributed by atoms with Gasteiger partial charge in [0.15, 0.2) is 0 Å². The quantitative estimate of drug-likeness (QED) is 0.671. The van der Waals surface area contributed by atoms with Crippen LogP contribution in [0.5, 0.6) is 5.75 Å². The molecule has 0 aromatic heterocycles. The Bertz CT molecular complexity index is 721. The lowest BCUT2D eigenvalue weighted by molar-refractivity contribution is 0.264. The van der Waals surface area contributed by atoms with Crippen molar-refractivity contribution in [3.8, 4) is 5.75 Å². The summed E-state index contributed by atoms with van der Waals surface area (Å²) in [4.78, 5) is 0. The minimum absolute atomic E-state index is 0.0837. The van der Waals surface area contributed by atoms with E-state index >= 15 is 0 Å². The average Bonchev–Trinajstić information content (AvgIpc) is 2.52. The van der Waals surface area contributed by atoms with E-state index < -0.39 is 5.82 Å². The lowest BCUT2D eigenvalue weighted by Gasteiger charge is -2.20. The van der Waals surface area contributed by atoms with Crippen molar-refractivity contribution in [1.29, 1.82) is 0 Å². The molecule has 0 atom stereocenters. The number of nitrogens with zero attached hydrogens (tertiary/aromatic N) is 1. The zero-order valence-electron chi connectivity index (χ0n) is 13.2. The van der Waals surface area contributed by atoms with E-state index in [4.69, 9.17) is 21.7 Å². The molecule has 23 heavy (non-hydrogen) atoms. The molecule has 0 saturated carbocycles. The van der Waals surface area contributed by atoms with E-state index in [1.807, 2.05) is 32.0 Å². The molecule has 0 fully saturated rings.